The predicted molar refractivity (Wildman–Crippen MR) is 75.6 cm³/mol. The quantitative estimate of drug-likeness (QED) is 0.749. The zero-order valence-corrected chi connectivity index (χ0v) is 11.6. The number of carbonyl (C=O) groups is 1. The first-order chi connectivity index (χ1) is 9.74. The van der Waals surface area contributed by atoms with Gasteiger partial charge in [-0.25, -0.2) is 19.9 Å². The molecule has 0 atom stereocenters. The molecule has 3 aromatic heterocycles. The van der Waals surface area contributed by atoms with Gasteiger partial charge in [0.2, 0.25) is 5.28 Å². The van der Waals surface area contributed by atoms with Crippen LogP contribution in [0.2, 0.25) is 5.28 Å². The van der Waals surface area contributed by atoms with Crippen LogP contribution in [0.3, 0.4) is 0 Å². The Bertz CT molecular complexity index is 761. The van der Waals surface area contributed by atoms with Gasteiger partial charge in [-0.05, 0) is 23.0 Å². The van der Waals surface area contributed by atoms with Crippen molar-refractivity contribution in [1.82, 2.24) is 25.3 Å². The molecular weight excluding hydrogens is 298 g/mol. The highest BCUT2D eigenvalue weighted by atomic mass is 35.5. The van der Waals surface area contributed by atoms with Crippen molar-refractivity contribution in [2.75, 3.05) is 0 Å². The molecule has 0 saturated carbocycles. The summed E-state index contributed by atoms with van der Waals surface area (Å²) in [6.45, 7) is 0.328. The first-order valence-electron chi connectivity index (χ1n) is 5.67. The lowest BCUT2D eigenvalue weighted by molar-refractivity contribution is 0.0948. The number of amides is 1. The maximum Gasteiger partial charge on any atom is 0.271 e. The summed E-state index contributed by atoms with van der Waals surface area (Å²) in [6.07, 6.45) is 4.71. The Morgan fingerprint density at radius 1 is 1.30 bits per heavy atom. The lowest BCUT2D eigenvalue weighted by Gasteiger charge is -2.05. The van der Waals surface area contributed by atoms with Crippen LogP contribution in [0.15, 0.2) is 30.2 Å². The van der Waals surface area contributed by atoms with Gasteiger partial charge in [-0.1, -0.05) is 0 Å². The van der Waals surface area contributed by atoms with Crippen LogP contribution in [0.4, 0.5) is 0 Å². The van der Waals surface area contributed by atoms with Gasteiger partial charge >= 0.3 is 0 Å². The number of rotatable bonds is 3. The van der Waals surface area contributed by atoms with Gasteiger partial charge < -0.3 is 5.32 Å². The zero-order valence-electron chi connectivity index (χ0n) is 10.1. The van der Waals surface area contributed by atoms with Gasteiger partial charge in [0.05, 0.1) is 10.2 Å². The van der Waals surface area contributed by atoms with E-state index in [1.165, 1.54) is 17.7 Å². The van der Waals surface area contributed by atoms with Gasteiger partial charge in [-0.15, -0.1) is 11.3 Å². The average molecular weight is 306 g/mol. The molecule has 8 heteroatoms. The Labute approximate surface area is 122 Å². The number of halogens is 1. The normalized spacial score (nSPS) is 10.7. The van der Waals surface area contributed by atoms with Crippen molar-refractivity contribution >= 4 is 39.1 Å². The third-order valence-corrected chi connectivity index (χ3v) is 3.64. The number of nitrogens with one attached hydrogen (secondary N) is 1. The third-order valence-electron chi connectivity index (χ3n) is 2.56. The van der Waals surface area contributed by atoms with Crippen LogP contribution >= 0.6 is 22.9 Å². The largest absolute Gasteiger partial charge is 0.346 e. The van der Waals surface area contributed by atoms with Crippen LogP contribution in [-0.4, -0.2) is 25.8 Å². The monoisotopic (exact) mass is 305 g/mol. The Balaban J connectivity index is 1.84. The molecule has 3 aromatic rings. The van der Waals surface area contributed by atoms with Crippen LogP contribution in [0, 0.1) is 0 Å². The standard InChI is InChI=1S/C12H8ClN5OS/c13-12-17-8-1-2-20-10(8)9(18-12)11(19)16-5-7-3-14-6-15-4-7/h1-4,6H,5H2,(H,16,19). The van der Waals surface area contributed by atoms with E-state index in [1.807, 2.05) is 5.38 Å². The smallest absolute Gasteiger partial charge is 0.271 e. The fourth-order valence-electron chi connectivity index (χ4n) is 1.68. The van der Waals surface area contributed by atoms with Crippen LogP contribution in [-0.2, 0) is 6.54 Å². The number of nitrogens with zero attached hydrogens (tertiary/aromatic N) is 4. The Morgan fingerprint density at radius 3 is 2.90 bits per heavy atom. The summed E-state index contributed by atoms with van der Waals surface area (Å²) in [7, 11) is 0. The molecule has 0 fully saturated rings. The fourth-order valence-corrected chi connectivity index (χ4v) is 2.67. The maximum absolute atomic E-state index is 12.2. The van der Waals surface area contributed by atoms with Crippen molar-refractivity contribution in [3.05, 3.63) is 46.7 Å². The highest BCUT2D eigenvalue weighted by molar-refractivity contribution is 7.17. The summed E-state index contributed by atoms with van der Waals surface area (Å²) < 4.78 is 0.719. The zero-order chi connectivity index (χ0) is 13.9. The van der Waals surface area contributed by atoms with E-state index >= 15 is 0 Å². The van der Waals surface area contributed by atoms with E-state index in [-0.39, 0.29) is 16.9 Å². The Hall–Kier alpha value is -2.12. The van der Waals surface area contributed by atoms with E-state index in [0.29, 0.717) is 12.1 Å². The minimum Gasteiger partial charge on any atom is -0.346 e. The lowest BCUT2D eigenvalue weighted by atomic mass is 10.3. The van der Waals surface area contributed by atoms with Crippen molar-refractivity contribution in [3.63, 3.8) is 0 Å². The summed E-state index contributed by atoms with van der Waals surface area (Å²) in [5, 5.41) is 4.67. The molecular formula is C12H8ClN5OS. The molecule has 0 bridgehead atoms. The van der Waals surface area contributed by atoms with Crippen molar-refractivity contribution in [1.29, 1.82) is 0 Å². The van der Waals surface area contributed by atoms with E-state index in [4.69, 9.17) is 11.6 Å². The fraction of sp³-hybridized carbons (Fsp3) is 0.0833. The van der Waals surface area contributed by atoms with Crippen LogP contribution in [0.25, 0.3) is 10.2 Å². The maximum atomic E-state index is 12.2. The Kier molecular flexibility index (Phi) is 3.53. The van der Waals surface area contributed by atoms with E-state index in [2.05, 4.69) is 25.3 Å². The molecule has 0 saturated heterocycles. The molecule has 0 spiro atoms. The van der Waals surface area contributed by atoms with Gasteiger partial charge in [0.1, 0.15) is 6.33 Å². The topological polar surface area (TPSA) is 80.7 Å². The molecule has 20 heavy (non-hydrogen) atoms. The number of fused-ring (bicyclic) bond motifs is 1. The SMILES string of the molecule is O=C(NCc1cncnc1)c1nc(Cl)nc2ccsc12. The predicted octanol–water partition coefficient (Wildman–Crippen LogP) is 2.06. The molecule has 0 aliphatic rings. The molecule has 3 rings (SSSR count). The minimum atomic E-state index is -0.300. The first kappa shape index (κ1) is 12.9. The molecule has 1 N–H and O–H groups in total. The van der Waals surface area contributed by atoms with Gasteiger partial charge in [0.15, 0.2) is 5.69 Å². The molecule has 0 aliphatic heterocycles. The molecule has 0 radical (unpaired) electrons. The van der Waals surface area contributed by atoms with Gasteiger partial charge in [-0.3, -0.25) is 4.79 Å². The molecule has 1 amide bonds. The van der Waals surface area contributed by atoms with Gasteiger partial charge in [0.25, 0.3) is 5.91 Å². The summed E-state index contributed by atoms with van der Waals surface area (Å²) in [6, 6.07) is 1.80. The number of hydrogen-bond donors (Lipinski definition) is 1. The van der Waals surface area contributed by atoms with Crippen LogP contribution in [0.1, 0.15) is 16.1 Å². The highest BCUT2D eigenvalue weighted by Crippen LogP contribution is 2.23. The van der Waals surface area contributed by atoms with E-state index < -0.39 is 0 Å². The first-order valence-corrected chi connectivity index (χ1v) is 6.92. The van der Waals surface area contributed by atoms with E-state index in [9.17, 15) is 4.79 Å². The number of carbonyl (C=O) groups excluding carboxylic acids is 1. The third kappa shape index (κ3) is 2.59. The highest BCUT2D eigenvalue weighted by Gasteiger charge is 2.15. The molecule has 6 nitrogen and oxygen atoms in total. The molecule has 100 valence electrons. The average Bonchev–Trinajstić information content (AvgIpc) is 2.93. The molecule has 0 aromatic carbocycles. The second kappa shape index (κ2) is 5.48. The molecule has 0 unspecified atom stereocenters. The van der Waals surface area contributed by atoms with Gasteiger partial charge in [-0.2, -0.15) is 0 Å². The van der Waals surface area contributed by atoms with Crippen molar-refractivity contribution < 1.29 is 4.79 Å². The number of thiophene rings is 1. The number of hydrogen-bond acceptors (Lipinski definition) is 6. The lowest BCUT2D eigenvalue weighted by Crippen LogP contribution is -2.24. The van der Waals surface area contributed by atoms with Gasteiger partial charge in [0, 0.05) is 24.5 Å². The van der Waals surface area contributed by atoms with E-state index in [0.717, 1.165) is 10.3 Å². The number of aromatic nitrogens is 4. The minimum absolute atomic E-state index is 0.0593. The summed E-state index contributed by atoms with van der Waals surface area (Å²) in [5.74, 6) is -0.300. The van der Waals surface area contributed by atoms with E-state index in [1.54, 1.807) is 18.5 Å². The van der Waals surface area contributed by atoms with Crippen molar-refractivity contribution in [3.8, 4) is 0 Å². The second-order valence-electron chi connectivity index (χ2n) is 3.91. The van der Waals surface area contributed by atoms with Crippen molar-refractivity contribution in [2.24, 2.45) is 0 Å². The summed E-state index contributed by atoms with van der Waals surface area (Å²) in [4.78, 5) is 28.0. The molecule has 3 heterocycles. The van der Waals surface area contributed by atoms with Crippen LogP contribution in [0.5, 0.6) is 0 Å². The second-order valence-corrected chi connectivity index (χ2v) is 5.16. The van der Waals surface area contributed by atoms with Crippen molar-refractivity contribution in [2.45, 2.75) is 6.54 Å². The summed E-state index contributed by atoms with van der Waals surface area (Å²) >= 11 is 7.23. The van der Waals surface area contributed by atoms with Crippen LogP contribution < -0.4 is 5.32 Å². The Morgan fingerprint density at radius 2 is 2.10 bits per heavy atom. The summed E-state index contributed by atoms with van der Waals surface area (Å²) in [5.41, 5.74) is 1.76. The molecule has 0 aliphatic carbocycles.